The molecule has 0 radical (unpaired) electrons. The number of rotatable bonds is 8. The number of nitrogens with one attached hydrogen (secondary N) is 2. The maximum absolute atomic E-state index is 12.3. The summed E-state index contributed by atoms with van der Waals surface area (Å²) in [5, 5.41) is 6.29. The lowest BCUT2D eigenvalue weighted by atomic mass is 10.2. The molecule has 0 aliphatic rings. The van der Waals surface area contributed by atoms with Crippen LogP contribution in [0.2, 0.25) is 5.02 Å². The molecule has 3 rings (SSSR count). The van der Waals surface area contributed by atoms with E-state index in [1.54, 1.807) is 36.4 Å². The van der Waals surface area contributed by atoms with E-state index in [-0.39, 0.29) is 18.4 Å². The molecular formula is C23H21ClN2O3. The lowest BCUT2D eigenvalue weighted by Crippen LogP contribution is -2.28. The molecule has 0 aliphatic carbocycles. The van der Waals surface area contributed by atoms with Crippen LogP contribution in [0.25, 0.3) is 0 Å². The van der Waals surface area contributed by atoms with E-state index in [9.17, 15) is 9.59 Å². The highest BCUT2D eigenvalue weighted by Crippen LogP contribution is 2.14. The Morgan fingerprint density at radius 3 is 2.24 bits per heavy atom. The van der Waals surface area contributed by atoms with Crippen molar-refractivity contribution in [3.63, 3.8) is 0 Å². The first-order valence-corrected chi connectivity index (χ1v) is 9.54. The predicted molar refractivity (Wildman–Crippen MR) is 113 cm³/mol. The van der Waals surface area contributed by atoms with E-state index in [4.69, 9.17) is 16.3 Å². The summed E-state index contributed by atoms with van der Waals surface area (Å²) in [4.78, 5) is 24.3. The van der Waals surface area contributed by atoms with E-state index in [1.807, 2.05) is 42.5 Å². The van der Waals surface area contributed by atoms with Gasteiger partial charge in [-0.05, 0) is 41.5 Å². The summed E-state index contributed by atoms with van der Waals surface area (Å²) in [5.74, 6) is 0.00405. The molecule has 0 fully saturated rings. The third-order valence-electron chi connectivity index (χ3n) is 4.16. The monoisotopic (exact) mass is 408 g/mol. The van der Waals surface area contributed by atoms with Gasteiger partial charge in [-0.15, -0.1) is 0 Å². The van der Waals surface area contributed by atoms with Crippen LogP contribution in [0.5, 0.6) is 5.75 Å². The molecule has 29 heavy (non-hydrogen) atoms. The average Bonchev–Trinajstić information content (AvgIpc) is 2.76. The van der Waals surface area contributed by atoms with Crippen LogP contribution in [0.4, 0.5) is 0 Å². The average molecular weight is 409 g/mol. The third-order valence-corrected chi connectivity index (χ3v) is 4.42. The Morgan fingerprint density at radius 1 is 0.793 bits per heavy atom. The van der Waals surface area contributed by atoms with E-state index in [0.717, 1.165) is 11.1 Å². The van der Waals surface area contributed by atoms with Crippen LogP contribution in [0.1, 0.15) is 21.5 Å². The molecule has 0 heterocycles. The number of ether oxygens (including phenoxy) is 1. The Hall–Kier alpha value is -3.31. The number of amides is 2. The maximum atomic E-state index is 12.3. The van der Waals surface area contributed by atoms with Gasteiger partial charge < -0.3 is 15.4 Å². The van der Waals surface area contributed by atoms with Gasteiger partial charge in [-0.3, -0.25) is 9.59 Å². The van der Waals surface area contributed by atoms with Crippen molar-refractivity contribution < 1.29 is 14.3 Å². The largest absolute Gasteiger partial charge is 0.484 e. The van der Waals surface area contributed by atoms with Gasteiger partial charge in [0, 0.05) is 23.7 Å². The van der Waals surface area contributed by atoms with Crippen molar-refractivity contribution in [2.45, 2.75) is 13.1 Å². The summed E-state index contributed by atoms with van der Waals surface area (Å²) in [6.07, 6.45) is 0. The van der Waals surface area contributed by atoms with Crippen LogP contribution in [0.15, 0.2) is 78.9 Å². The van der Waals surface area contributed by atoms with Crippen LogP contribution in [-0.4, -0.2) is 18.4 Å². The summed E-state index contributed by atoms with van der Waals surface area (Å²) in [7, 11) is 0. The van der Waals surface area contributed by atoms with E-state index >= 15 is 0 Å². The first-order valence-electron chi connectivity index (χ1n) is 9.16. The van der Waals surface area contributed by atoms with Crippen LogP contribution >= 0.6 is 11.6 Å². The quantitative estimate of drug-likeness (QED) is 0.592. The van der Waals surface area contributed by atoms with E-state index in [2.05, 4.69) is 10.6 Å². The molecule has 3 aromatic carbocycles. The number of hydrogen-bond acceptors (Lipinski definition) is 3. The standard InChI is InChI=1S/C23H21ClN2O3/c24-20-11-9-18(10-12-20)14-25-22(27)16-29-21-8-4-7-19(13-21)23(28)26-15-17-5-2-1-3-6-17/h1-13H,14-16H2,(H,25,27)(H,26,28). The fraction of sp³-hybridized carbons (Fsp3) is 0.130. The molecule has 0 saturated heterocycles. The summed E-state index contributed by atoms with van der Waals surface area (Å²) in [6.45, 7) is 0.696. The Balaban J connectivity index is 1.46. The Bertz CT molecular complexity index is 959. The van der Waals surface area contributed by atoms with Gasteiger partial charge in [0.2, 0.25) is 0 Å². The summed E-state index contributed by atoms with van der Waals surface area (Å²) < 4.78 is 5.52. The number of carbonyl (C=O) groups excluding carboxylic acids is 2. The van der Waals surface area contributed by atoms with Gasteiger partial charge in [0.15, 0.2) is 6.61 Å². The van der Waals surface area contributed by atoms with Gasteiger partial charge in [0.1, 0.15) is 5.75 Å². The Morgan fingerprint density at radius 2 is 1.48 bits per heavy atom. The molecule has 3 aromatic rings. The van der Waals surface area contributed by atoms with Crippen LogP contribution in [0, 0.1) is 0 Å². The molecule has 0 bridgehead atoms. The number of benzene rings is 3. The van der Waals surface area contributed by atoms with Crippen molar-refractivity contribution in [3.8, 4) is 5.75 Å². The third kappa shape index (κ3) is 6.66. The highest BCUT2D eigenvalue weighted by molar-refractivity contribution is 6.30. The van der Waals surface area contributed by atoms with E-state index in [0.29, 0.717) is 29.4 Å². The van der Waals surface area contributed by atoms with E-state index in [1.165, 1.54) is 0 Å². The Labute approximate surface area is 174 Å². The zero-order valence-electron chi connectivity index (χ0n) is 15.7. The zero-order chi connectivity index (χ0) is 20.5. The molecule has 6 heteroatoms. The molecular weight excluding hydrogens is 388 g/mol. The molecule has 0 unspecified atom stereocenters. The van der Waals surface area contributed by atoms with Crippen molar-refractivity contribution >= 4 is 23.4 Å². The minimum Gasteiger partial charge on any atom is -0.484 e. The molecule has 2 N–H and O–H groups in total. The van der Waals surface area contributed by atoms with Gasteiger partial charge in [-0.25, -0.2) is 0 Å². The number of halogens is 1. The molecule has 148 valence electrons. The summed E-state index contributed by atoms with van der Waals surface area (Å²) in [6, 6.07) is 23.7. The van der Waals surface area contributed by atoms with Crippen molar-refractivity contribution in [2.75, 3.05) is 6.61 Å². The summed E-state index contributed by atoms with van der Waals surface area (Å²) in [5.41, 5.74) is 2.44. The first kappa shape index (κ1) is 20.4. The van der Waals surface area contributed by atoms with E-state index < -0.39 is 0 Å². The normalized spacial score (nSPS) is 10.2. The van der Waals surface area contributed by atoms with Gasteiger partial charge in [0.05, 0.1) is 0 Å². The van der Waals surface area contributed by atoms with Crippen molar-refractivity contribution in [2.24, 2.45) is 0 Å². The molecule has 5 nitrogen and oxygen atoms in total. The second kappa shape index (κ2) is 10.3. The zero-order valence-corrected chi connectivity index (χ0v) is 16.5. The molecule has 0 aliphatic heterocycles. The van der Waals surface area contributed by atoms with Gasteiger partial charge in [0.25, 0.3) is 11.8 Å². The topological polar surface area (TPSA) is 67.4 Å². The Kier molecular flexibility index (Phi) is 7.25. The fourth-order valence-electron chi connectivity index (χ4n) is 2.61. The van der Waals surface area contributed by atoms with Crippen molar-refractivity contribution in [3.05, 3.63) is 101 Å². The van der Waals surface area contributed by atoms with Crippen molar-refractivity contribution in [1.29, 1.82) is 0 Å². The maximum Gasteiger partial charge on any atom is 0.258 e. The number of carbonyl (C=O) groups is 2. The van der Waals surface area contributed by atoms with Gasteiger partial charge >= 0.3 is 0 Å². The van der Waals surface area contributed by atoms with Crippen molar-refractivity contribution in [1.82, 2.24) is 10.6 Å². The summed E-state index contributed by atoms with van der Waals surface area (Å²) >= 11 is 5.84. The van der Waals surface area contributed by atoms with Crippen LogP contribution in [-0.2, 0) is 17.9 Å². The predicted octanol–water partition coefficient (Wildman–Crippen LogP) is 3.97. The molecule has 0 atom stereocenters. The van der Waals surface area contributed by atoms with Crippen LogP contribution in [0.3, 0.4) is 0 Å². The smallest absolute Gasteiger partial charge is 0.258 e. The lowest BCUT2D eigenvalue weighted by Gasteiger charge is -2.10. The number of hydrogen-bond donors (Lipinski definition) is 2. The van der Waals surface area contributed by atoms with Crippen LogP contribution < -0.4 is 15.4 Å². The minimum atomic E-state index is -0.251. The van der Waals surface area contributed by atoms with Gasteiger partial charge in [-0.1, -0.05) is 60.1 Å². The first-order chi connectivity index (χ1) is 14.1. The highest BCUT2D eigenvalue weighted by atomic mass is 35.5. The molecule has 2 amide bonds. The lowest BCUT2D eigenvalue weighted by molar-refractivity contribution is -0.123. The fourth-order valence-corrected chi connectivity index (χ4v) is 2.74. The molecule has 0 aromatic heterocycles. The second-order valence-corrected chi connectivity index (χ2v) is 6.82. The molecule has 0 saturated carbocycles. The minimum absolute atomic E-state index is 0.136. The second-order valence-electron chi connectivity index (χ2n) is 6.39. The highest BCUT2D eigenvalue weighted by Gasteiger charge is 2.08. The van der Waals surface area contributed by atoms with Gasteiger partial charge in [-0.2, -0.15) is 0 Å². The SMILES string of the molecule is O=C(COc1cccc(C(=O)NCc2ccccc2)c1)NCc1ccc(Cl)cc1. The molecule has 0 spiro atoms.